The first-order valence-corrected chi connectivity index (χ1v) is 9.51. The minimum absolute atomic E-state index is 0.217. The van der Waals surface area contributed by atoms with E-state index in [0.29, 0.717) is 18.1 Å². The Kier molecular flexibility index (Phi) is 5.35. The Bertz CT molecular complexity index is 862. The quantitative estimate of drug-likeness (QED) is 0.871. The molecule has 0 radical (unpaired) electrons. The molecule has 6 heteroatoms. The Morgan fingerprint density at radius 2 is 1.89 bits per heavy atom. The van der Waals surface area contributed by atoms with Crippen molar-refractivity contribution in [3.63, 3.8) is 0 Å². The molecule has 0 spiro atoms. The van der Waals surface area contributed by atoms with Gasteiger partial charge in [0.15, 0.2) is 5.82 Å². The van der Waals surface area contributed by atoms with Crippen LogP contribution in [-0.2, 0) is 19.5 Å². The van der Waals surface area contributed by atoms with Gasteiger partial charge in [-0.25, -0.2) is 4.98 Å². The molecule has 1 aliphatic rings. The molecule has 2 amide bonds. The first-order valence-electron chi connectivity index (χ1n) is 9.51. The third kappa shape index (κ3) is 4.38. The molecule has 0 aliphatic carbocycles. The summed E-state index contributed by atoms with van der Waals surface area (Å²) in [6.07, 6.45) is 2.76. The topological polar surface area (TPSA) is 76.0 Å². The van der Waals surface area contributed by atoms with Gasteiger partial charge >= 0.3 is 0 Å². The zero-order valence-electron chi connectivity index (χ0n) is 16.6. The Morgan fingerprint density at radius 1 is 1.15 bits per heavy atom. The molecule has 0 fully saturated rings. The molecule has 0 unspecified atom stereocenters. The molecule has 6 nitrogen and oxygen atoms in total. The molecule has 0 saturated carbocycles. The van der Waals surface area contributed by atoms with Gasteiger partial charge in [0.05, 0.1) is 5.69 Å². The summed E-state index contributed by atoms with van der Waals surface area (Å²) in [4.78, 5) is 29.9. The lowest BCUT2D eigenvalue weighted by Crippen LogP contribution is -2.41. The number of benzene rings is 1. The Hall–Kier alpha value is -2.63. The molecule has 27 heavy (non-hydrogen) atoms. The van der Waals surface area contributed by atoms with Crippen molar-refractivity contribution >= 4 is 11.8 Å². The highest BCUT2D eigenvalue weighted by Crippen LogP contribution is 2.22. The van der Waals surface area contributed by atoms with Crippen LogP contribution in [0.4, 0.5) is 0 Å². The average molecular weight is 368 g/mol. The second-order valence-corrected chi connectivity index (χ2v) is 8.15. The molecule has 3 rings (SSSR count). The number of nitrogens with one attached hydrogen (secondary N) is 2. The third-order valence-electron chi connectivity index (χ3n) is 4.73. The van der Waals surface area contributed by atoms with Crippen LogP contribution in [0.5, 0.6) is 0 Å². The van der Waals surface area contributed by atoms with Gasteiger partial charge in [-0.2, -0.15) is 0 Å². The van der Waals surface area contributed by atoms with Crippen molar-refractivity contribution in [2.24, 2.45) is 0 Å². The molecule has 1 aromatic heterocycles. The number of rotatable bonds is 4. The fourth-order valence-corrected chi connectivity index (χ4v) is 3.36. The predicted molar refractivity (Wildman–Crippen MR) is 105 cm³/mol. The lowest BCUT2D eigenvalue weighted by molar-refractivity contribution is 0.0913. The van der Waals surface area contributed by atoms with Gasteiger partial charge in [0.2, 0.25) is 0 Å². The second-order valence-electron chi connectivity index (χ2n) is 8.15. The number of hydrogen-bond donors (Lipinski definition) is 2. The van der Waals surface area contributed by atoms with Crippen LogP contribution in [0.3, 0.4) is 0 Å². The summed E-state index contributed by atoms with van der Waals surface area (Å²) in [5.41, 5.74) is 3.10. The number of amides is 2. The fourth-order valence-electron chi connectivity index (χ4n) is 3.36. The van der Waals surface area contributed by atoms with Crippen molar-refractivity contribution in [3.05, 3.63) is 52.6 Å². The zero-order chi connectivity index (χ0) is 19.6. The number of fused-ring (bicyclic) bond motifs is 1. The summed E-state index contributed by atoms with van der Waals surface area (Å²) >= 11 is 0. The van der Waals surface area contributed by atoms with E-state index in [1.807, 2.05) is 56.5 Å². The minimum atomic E-state index is -0.352. The van der Waals surface area contributed by atoms with Crippen molar-refractivity contribution in [2.45, 2.75) is 65.6 Å². The number of carbonyl (C=O) groups is 2. The molecule has 0 atom stereocenters. The summed E-state index contributed by atoms with van der Waals surface area (Å²) in [5, 5.41) is 5.91. The zero-order valence-corrected chi connectivity index (χ0v) is 16.6. The van der Waals surface area contributed by atoms with Gasteiger partial charge in [0.1, 0.15) is 5.69 Å². The lowest BCUT2D eigenvalue weighted by atomic mass is 10.1. The first kappa shape index (κ1) is 19.1. The van der Waals surface area contributed by atoms with Gasteiger partial charge < -0.3 is 15.2 Å². The van der Waals surface area contributed by atoms with E-state index in [1.165, 1.54) is 0 Å². The largest absolute Gasteiger partial charge is 0.346 e. The molecular formula is C21H28N4O2. The Balaban J connectivity index is 1.83. The summed E-state index contributed by atoms with van der Waals surface area (Å²) in [6, 6.07) is 7.96. The molecule has 2 N–H and O–H groups in total. The minimum Gasteiger partial charge on any atom is -0.346 e. The third-order valence-corrected chi connectivity index (χ3v) is 4.73. The smallest absolute Gasteiger partial charge is 0.287 e. The molecule has 2 heterocycles. The van der Waals surface area contributed by atoms with Gasteiger partial charge in [0, 0.05) is 18.6 Å². The summed E-state index contributed by atoms with van der Waals surface area (Å²) in [7, 11) is 0. The van der Waals surface area contributed by atoms with E-state index in [4.69, 9.17) is 0 Å². The van der Waals surface area contributed by atoms with Gasteiger partial charge in [0.25, 0.3) is 11.8 Å². The predicted octanol–water partition coefficient (Wildman–Crippen LogP) is 2.99. The van der Waals surface area contributed by atoms with Crippen LogP contribution in [0.1, 0.15) is 71.5 Å². The number of carbonyl (C=O) groups excluding carboxylic acids is 2. The number of aryl methyl sites for hydroxylation is 1. The second kappa shape index (κ2) is 7.55. The monoisotopic (exact) mass is 368 g/mol. The summed E-state index contributed by atoms with van der Waals surface area (Å²) in [6.45, 7) is 8.99. The lowest BCUT2D eigenvalue weighted by Gasteiger charge is -2.21. The molecular weight excluding hydrogens is 340 g/mol. The maximum Gasteiger partial charge on any atom is 0.287 e. The standard InChI is InChI=1S/C21H28N4O2/c1-14-9-5-6-10-15(14)13-22-20(27)18-23-17(19(26)24-21(2,3)4)16-11-7-8-12-25(16)18/h5-6,9-10H,7-8,11-13H2,1-4H3,(H,22,27)(H,24,26). The van der Waals surface area contributed by atoms with Gasteiger partial charge in [-0.3, -0.25) is 9.59 Å². The van der Waals surface area contributed by atoms with E-state index in [9.17, 15) is 9.59 Å². The van der Waals surface area contributed by atoms with E-state index in [1.54, 1.807) is 0 Å². The van der Waals surface area contributed by atoms with Crippen LogP contribution >= 0.6 is 0 Å². The van der Waals surface area contributed by atoms with E-state index in [0.717, 1.165) is 42.6 Å². The van der Waals surface area contributed by atoms with Gasteiger partial charge in [-0.05, 0) is 58.1 Å². The molecule has 0 bridgehead atoms. The van der Waals surface area contributed by atoms with Crippen LogP contribution in [0, 0.1) is 6.92 Å². The Morgan fingerprint density at radius 3 is 2.59 bits per heavy atom. The molecule has 0 saturated heterocycles. The van der Waals surface area contributed by atoms with E-state index in [2.05, 4.69) is 15.6 Å². The van der Waals surface area contributed by atoms with Crippen molar-refractivity contribution in [1.29, 1.82) is 0 Å². The highest BCUT2D eigenvalue weighted by atomic mass is 16.2. The normalized spacial score (nSPS) is 13.8. The highest BCUT2D eigenvalue weighted by molar-refractivity contribution is 5.97. The van der Waals surface area contributed by atoms with Crippen LogP contribution in [0.2, 0.25) is 0 Å². The summed E-state index contributed by atoms with van der Waals surface area (Å²) < 4.78 is 1.91. The van der Waals surface area contributed by atoms with E-state index >= 15 is 0 Å². The van der Waals surface area contributed by atoms with Crippen LogP contribution in [0.15, 0.2) is 24.3 Å². The van der Waals surface area contributed by atoms with Crippen LogP contribution < -0.4 is 10.6 Å². The molecule has 2 aromatic rings. The van der Waals surface area contributed by atoms with Crippen molar-refractivity contribution in [2.75, 3.05) is 0 Å². The Labute approximate surface area is 160 Å². The van der Waals surface area contributed by atoms with Crippen LogP contribution in [-0.4, -0.2) is 26.9 Å². The van der Waals surface area contributed by atoms with Crippen LogP contribution in [0.25, 0.3) is 0 Å². The molecule has 1 aromatic carbocycles. The number of hydrogen-bond acceptors (Lipinski definition) is 3. The maximum absolute atomic E-state index is 12.8. The highest BCUT2D eigenvalue weighted by Gasteiger charge is 2.28. The van der Waals surface area contributed by atoms with Gasteiger partial charge in [-0.15, -0.1) is 0 Å². The summed E-state index contributed by atoms with van der Waals surface area (Å²) in [5.74, 6) is -0.125. The van der Waals surface area contributed by atoms with E-state index < -0.39 is 0 Å². The molecule has 1 aliphatic heterocycles. The maximum atomic E-state index is 12.8. The SMILES string of the molecule is Cc1ccccc1CNC(=O)c1nc(C(=O)NC(C)(C)C)c2n1CCCC2. The van der Waals surface area contributed by atoms with Crippen molar-refractivity contribution < 1.29 is 9.59 Å². The fraction of sp³-hybridized carbons (Fsp3) is 0.476. The average Bonchev–Trinajstić information content (AvgIpc) is 2.99. The number of aromatic nitrogens is 2. The number of nitrogens with zero attached hydrogens (tertiary/aromatic N) is 2. The van der Waals surface area contributed by atoms with E-state index in [-0.39, 0.29) is 17.4 Å². The van der Waals surface area contributed by atoms with Crippen molar-refractivity contribution in [3.8, 4) is 0 Å². The van der Waals surface area contributed by atoms with Gasteiger partial charge in [-0.1, -0.05) is 24.3 Å². The molecule has 144 valence electrons. The first-order chi connectivity index (χ1) is 12.8. The number of imidazole rings is 1. The van der Waals surface area contributed by atoms with Crippen molar-refractivity contribution in [1.82, 2.24) is 20.2 Å².